The normalized spacial score (nSPS) is 15.7. The van der Waals surface area contributed by atoms with Crippen LogP contribution >= 0.6 is 0 Å². The molecule has 0 spiro atoms. The van der Waals surface area contributed by atoms with Crippen LogP contribution in [0.3, 0.4) is 0 Å². The molecule has 0 saturated heterocycles. The third kappa shape index (κ3) is 4.53. The van der Waals surface area contributed by atoms with Crippen LogP contribution in [-0.4, -0.2) is 15.7 Å². The van der Waals surface area contributed by atoms with Crippen LogP contribution in [0.1, 0.15) is 42.6 Å². The number of amides is 1. The number of anilines is 1. The van der Waals surface area contributed by atoms with Crippen molar-refractivity contribution >= 4 is 11.6 Å². The monoisotopic (exact) mass is 477 g/mol. The molecule has 1 fully saturated rings. The highest BCUT2D eigenvalue weighted by molar-refractivity contribution is 5.92. The quantitative estimate of drug-likeness (QED) is 0.449. The number of halogens is 10. The summed E-state index contributed by atoms with van der Waals surface area (Å²) in [4.78, 5) is 12.3. The summed E-state index contributed by atoms with van der Waals surface area (Å²) in [6, 6.07) is 0.808. The van der Waals surface area contributed by atoms with Gasteiger partial charge in [0.25, 0.3) is 0 Å². The van der Waals surface area contributed by atoms with Gasteiger partial charge in [-0.15, -0.1) is 0 Å². The Morgan fingerprint density at radius 3 is 2.00 bits per heavy atom. The maximum absolute atomic E-state index is 14.0. The summed E-state index contributed by atoms with van der Waals surface area (Å²) in [6.45, 7) is 0.621. The van der Waals surface area contributed by atoms with Crippen molar-refractivity contribution in [1.82, 2.24) is 9.78 Å². The molecule has 2 aromatic rings. The number of carbonyl (C=O) groups excluding carboxylic acids is 1. The van der Waals surface area contributed by atoms with Crippen LogP contribution in [0.2, 0.25) is 0 Å². The predicted octanol–water partition coefficient (Wildman–Crippen LogP) is 5.63. The molecule has 0 bridgehead atoms. The molecule has 1 N–H and O–H groups in total. The lowest BCUT2D eigenvalue weighted by molar-refractivity contribution is -0.143. The van der Waals surface area contributed by atoms with Crippen molar-refractivity contribution in [2.75, 3.05) is 5.32 Å². The number of benzene rings is 1. The van der Waals surface area contributed by atoms with E-state index < -0.39 is 70.9 Å². The third-order valence-electron chi connectivity index (χ3n) is 4.79. The fourth-order valence-corrected chi connectivity index (χ4v) is 3.00. The van der Waals surface area contributed by atoms with Gasteiger partial charge in [0.15, 0.2) is 29.0 Å². The lowest BCUT2D eigenvalue weighted by atomic mass is 10.1. The predicted molar refractivity (Wildman–Crippen MR) is 88.3 cm³/mol. The zero-order valence-electron chi connectivity index (χ0n) is 15.9. The van der Waals surface area contributed by atoms with E-state index in [4.69, 9.17) is 0 Å². The Morgan fingerprint density at radius 2 is 1.56 bits per heavy atom. The fourth-order valence-electron chi connectivity index (χ4n) is 3.00. The lowest BCUT2D eigenvalue weighted by Gasteiger charge is -2.17. The van der Waals surface area contributed by atoms with Gasteiger partial charge >= 0.3 is 12.4 Å². The Balaban J connectivity index is 1.85. The first-order valence-electron chi connectivity index (χ1n) is 9.01. The molecule has 1 unspecified atom stereocenters. The van der Waals surface area contributed by atoms with Gasteiger partial charge in [0.05, 0.1) is 12.5 Å². The molecule has 1 aromatic heterocycles. The number of carbonyl (C=O) groups is 1. The molecular formula is C18H13F10N3O. The van der Waals surface area contributed by atoms with Crippen molar-refractivity contribution in [1.29, 1.82) is 0 Å². The van der Waals surface area contributed by atoms with Crippen molar-refractivity contribution in [3.8, 4) is 0 Å². The molecule has 1 aliphatic carbocycles. The lowest BCUT2D eigenvalue weighted by Crippen LogP contribution is -2.27. The van der Waals surface area contributed by atoms with E-state index in [1.807, 2.05) is 0 Å². The molecule has 176 valence electrons. The van der Waals surface area contributed by atoms with E-state index in [1.165, 1.54) is 5.32 Å². The first-order valence-corrected chi connectivity index (χ1v) is 9.01. The summed E-state index contributed by atoms with van der Waals surface area (Å²) >= 11 is 0. The molecule has 0 aliphatic heterocycles. The minimum atomic E-state index is -5.75. The van der Waals surface area contributed by atoms with Gasteiger partial charge < -0.3 is 5.32 Å². The second-order valence-electron chi connectivity index (χ2n) is 7.30. The Labute approximate surface area is 173 Å². The maximum atomic E-state index is 14.0. The van der Waals surface area contributed by atoms with Crippen molar-refractivity contribution in [3.63, 3.8) is 0 Å². The standard InChI is InChI=1S/C18H13F10N3O/c1-6(5-31-8(7-2-3-7)4-9(30-31)17(23,24)25)16(32)29-15-13(21)11(19)10(18(26,27)28)12(20)14(15)22/h4,6-7H,2-3,5H2,1H3,(H,29,32). The first kappa shape index (κ1) is 23.9. The molecule has 1 amide bonds. The number of hydrogen-bond acceptors (Lipinski definition) is 2. The molecule has 3 rings (SSSR count). The van der Waals surface area contributed by atoms with E-state index in [9.17, 15) is 48.7 Å². The maximum Gasteiger partial charge on any atom is 0.435 e. The van der Waals surface area contributed by atoms with Crippen LogP contribution in [0.15, 0.2) is 6.07 Å². The summed E-state index contributed by atoms with van der Waals surface area (Å²) in [5, 5.41) is 4.85. The average Bonchev–Trinajstić information content (AvgIpc) is 3.41. The van der Waals surface area contributed by atoms with Crippen molar-refractivity contribution in [2.24, 2.45) is 5.92 Å². The molecule has 1 heterocycles. The molecular weight excluding hydrogens is 464 g/mol. The van der Waals surface area contributed by atoms with Crippen LogP contribution in [0.4, 0.5) is 49.6 Å². The van der Waals surface area contributed by atoms with Crippen LogP contribution in [0, 0.1) is 29.2 Å². The van der Waals surface area contributed by atoms with Crippen molar-refractivity contribution < 1.29 is 48.7 Å². The minimum absolute atomic E-state index is 0.181. The van der Waals surface area contributed by atoms with Crippen LogP contribution in [-0.2, 0) is 23.7 Å². The van der Waals surface area contributed by atoms with Crippen molar-refractivity contribution in [2.45, 2.75) is 44.6 Å². The molecule has 1 aromatic carbocycles. The molecule has 14 heteroatoms. The molecule has 4 nitrogen and oxygen atoms in total. The highest BCUT2D eigenvalue weighted by Gasteiger charge is 2.43. The second kappa shape index (κ2) is 7.96. The van der Waals surface area contributed by atoms with Gasteiger partial charge in [-0.1, -0.05) is 6.92 Å². The summed E-state index contributed by atoms with van der Waals surface area (Å²) in [5.74, 6) is -13.3. The van der Waals surface area contributed by atoms with Gasteiger partial charge in [-0.2, -0.15) is 31.4 Å². The van der Waals surface area contributed by atoms with Gasteiger partial charge in [0.2, 0.25) is 5.91 Å². The van der Waals surface area contributed by atoms with E-state index in [2.05, 4.69) is 5.10 Å². The summed E-state index contributed by atoms with van der Waals surface area (Å²) in [6.07, 6.45) is -9.34. The van der Waals surface area contributed by atoms with Crippen LogP contribution < -0.4 is 5.32 Å². The molecule has 0 radical (unpaired) electrons. The SMILES string of the molecule is CC(Cn1nc(C(F)(F)F)cc1C1CC1)C(=O)Nc1c(F)c(F)c(C(F)(F)F)c(F)c1F. The molecule has 1 saturated carbocycles. The van der Waals surface area contributed by atoms with E-state index in [-0.39, 0.29) is 11.6 Å². The zero-order valence-corrected chi connectivity index (χ0v) is 15.9. The van der Waals surface area contributed by atoms with E-state index in [0.29, 0.717) is 12.8 Å². The highest BCUT2D eigenvalue weighted by Crippen LogP contribution is 2.42. The van der Waals surface area contributed by atoms with Gasteiger partial charge in [0, 0.05) is 11.6 Å². The van der Waals surface area contributed by atoms with Crippen LogP contribution in [0.25, 0.3) is 0 Å². The number of nitrogens with one attached hydrogen (secondary N) is 1. The fraction of sp³-hybridized carbons (Fsp3) is 0.444. The number of hydrogen-bond donors (Lipinski definition) is 1. The zero-order chi connectivity index (χ0) is 24.2. The molecule has 1 atom stereocenters. The largest absolute Gasteiger partial charge is 0.435 e. The van der Waals surface area contributed by atoms with E-state index >= 15 is 0 Å². The second-order valence-corrected chi connectivity index (χ2v) is 7.30. The number of aromatic nitrogens is 2. The van der Waals surface area contributed by atoms with Crippen molar-refractivity contribution in [3.05, 3.63) is 46.3 Å². The highest BCUT2D eigenvalue weighted by atomic mass is 19.4. The topological polar surface area (TPSA) is 46.9 Å². The summed E-state index contributed by atoms with van der Waals surface area (Å²) < 4.78 is 133. The van der Waals surface area contributed by atoms with E-state index in [1.54, 1.807) is 0 Å². The number of alkyl halides is 6. The Hall–Kier alpha value is -2.80. The van der Waals surface area contributed by atoms with Gasteiger partial charge in [-0.3, -0.25) is 9.48 Å². The molecule has 1 aliphatic rings. The van der Waals surface area contributed by atoms with Gasteiger partial charge in [-0.05, 0) is 18.9 Å². The first-order chi connectivity index (χ1) is 14.6. The minimum Gasteiger partial charge on any atom is -0.321 e. The Bertz CT molecular complexity index is 1020. The number of nitrogens with zero attached hydrogens (tertiary/aromatic N) is 2. The van der Waals surface area contributed by atoms with Crippen LogP contribution in [0.5, 0.6) is 0 Å². The van der Waals surface area contributed by atoms with E-state index in [0.717, 1.165) is 17.7 Å². The average molecular weight is 477 g/mol. The Kier molecular flexibility index (Phi) is 5.93. The molecule has 32 heavy (non-hydrogen) atoms. The van der Waals surface area contributed by atoms with Gasteiger partial charge in [-0.25, -0.2) is 17.6 Å². The summed E-state index contributed by atoms with van der Waals surface area (Å²) in [7, 11) is 0. The smallest absolute Gasteiger partial charge is 0.321 e. The third-order valence-corrected chi connectivity index (χ3v) is 4.79. The number of rotatable bonds is 5. The summed E-state index contributed by atoms with van der Waals surface area (Å²) in [5.41, 5.74) is -5.62. The van der Waals surface area contributed by atoms with Gasteiger partial charge in [0.1, 0.15) is 11.3 Å². The Morgan fingerprint density at radius 1 is 1.03 bits per heavy atom.